The number of halogens is 1. The predicted molar refractivity (Wildman–Crippen MR) is 58.3 cm³/mol. The van der Waals surface area contributed by atoms with Crippen LogP contribution in [0.4, 0.5) is 10.5 Å². The second-order valence-electron chi connectivity index (χ2n) is 2.90. The monoisotopic (exact) mass is 243 g/mol. The first-order valence-electron chi connectivity index (χ1n) is 4.31. The van der Waals surface area contributed by atoms with Gasteiger partial charge in [0.15, 0.2) is 0 Å². The van der Waals surface area contributed by atoms with Crippen LogP contribution < -0.4 is 16.1 Å². The maximum atomic E-state index is 11.3. The number of hydrogen-bond acceptors (Lipinski definition) is 3. The molecule has 86 valence electrons. The highest BCUT2D eigenvalue weighted by molar-refractivity contribution is 6.30. The number of amides is 3. The van der Waals surface area contributed by atoms with E-state index >= 15 is 0 Å². The van der Waals surface area contributed by atoms with Gasteiger partial charge in [0.05, 0.1) is 5.69 Å². The van der Waals surface area contributed by atoms with E-state index in [0.717, 1.165) is 0 Å². The van der Waals surface area contributed by atoms with E-state index in [2.05, 4.69) is 5.32 Å². The summed E-state index contributed by atoms with van der Waals surface area (Å²) < 4.78 is 0. The number of primary amides is 1. The summed E-state index contributed by atoms with van der Waals surface area (Å²) in [7, 11) is 0. The largest absolute Gasteiger partial charge is 0.352 e. The molecule has 0 unspecified atom stereocenters. The molecule has 0 spiro atoms. The Balaban J connectivity index is 2.63. The van der Waals surface area contributed by atoms with Gasteiger partial charge in [-0.25, -0.2) is 4.79 Å². The van der Waals surface area contributed by atoms with Crippen molar-refractivity contribution in [3.63, 3.8) is 0 Å². The summed E-state index contributed by atoms with van der Waals surface area (Å²) in [5.74, 6) is -0.707. The van der Waals surface area contributed by atoms with Crippen molar-refractivity contribution in [2.24, 2.45) is 5.73 Å². The fourth-order valence-corrected chi connectivity index (χ4v) is 1.09. The standard InChI is InChI=1S/C9H10ClN3O3/c10-6-1-3-7(4-2-6)13(16)8(14)5-12-9(11)15/h1-4,16H,5H2,(H3,11,12,15). The maximum Gasteiger partial charge on any atom is 0.312 e. The van der Waals surface area contributed by atoms with Crippen LogP contribution in [0.5, 0.6) is 0 Å². The van der Waals surface area contributed by atoms with E-state index in [1.54, 1.807) is 0 Å². The molecular formula is C9H10ClN3O3. The molecule has 0 saturated heterocycles. The van der Waals surface area contributed by atoms with Crippen LogP contribution in [0.25, 0.3) is 0 Å². The summed E-state index contributed by atoms with van der Waals surface area (Å²) in [4.78, 5) is 21.7. The van der Waals surface area contributed by atoms with Crippen molar-refractivity contribution in [3.8, 4) is 0 Å². The van der Waals surface area contributed by atoms with E-state index in [9.17, 15) is 14.8 Å². The van der Waals surface area contributed by atoms with Crippen molar-refractivity contribution in [2.75, 3.05) is 11.6 Å². The average molecular weight is 244 g/mol. The molecule has 0 heterocycles. The Bertz CT molecular complexity index is 393. The van der Waals surface area contributed by atoms with Crippen molar-refractivity contribution in [3.05, 3.63) is 29.3 Å². The highest BCUT2D eigenvalue weighted by Gasteiger charge is 2.13. The Morgan fingerprint density at radius 2 is 1.94 bits per heavy atom. The van der Waals surface area contributed by atoms with Crippen LogP contribution in [0.3, 0.4) is 0 Å². The van der Waals surface area contributed by atoms with Gasteiger partial charge in [-0.3, -0.25) is 10.0 Å². The van der Waals surface area contributed by atoms with Crippen molar-refractivity contribution in [1.29, 1.82) is 0 Å². The summed E-state index contributed by atoms with van der Waals surface area (Å²) in [5, 5.41) is 12.4. The predicted octanol–water partition coefficient (Wildman–Crippen LogP) is 0.731. The molecule has 0 aliphatic rings. The molecule has 0 aromatic heterocycles. The van der Waals surface area contributed by atoms with Crippen molar-refractivity contribution >= 4 is 29.2 Å². The lowest BCUT2D eigenvalue weighted by atomic mass is 10.3. The first kappa shape index (κ1) is 12.3. The van der Waals surface area contributed by atoms with Crippen molar-refractivity contribution < 1.29 is 14.8 Å². The van der Waals surface area contributed by atoms with Gasteiger partial charge in [0.2, 0.25) is 0 Å². The number of nitrogens with one attached hydrogen (secondary N) is 1. The zero-order valence-corrected chi connectivity index (χ0v) is 8.94. The molecular weight excluding hydrogens is 234 g/mol. The molecule has 4 N–H and O–H groups in total. The average Bonchev–Trinajstić information content (AvgIpc) is 2.26. The Morgan fingerprint density at radius 3 is 2.44 bits per heavy atom. The highest BCUT2D eigenvalue weighted by atomic mass is 35.5. The Hall–Kier alpha value is -1.79. The number of anilines is 1. The number of carbonyl (C=O) groups excluding carboxylic acids is 2. The van der Waals surface area contributed by atoms with E-state index in [0.29, 0.717) is 10.1 Å². The Kier molecular flexibility index (Phi) is 4.10. The first-order valence-corrected chi connectivity index (χ1v) is 4.69. The lowest BCUT2D eigenvalue weighted by Gasteiger charge is -2.14. The van der Waals surface area contributed by atoms with Gasteiger partial charge >= 0.3 is 6.03 Å². The number of benzene rings is 1. The van der Waals surface area contributed by atoms with Gasteiger partial charge in [-0.15, -0.1) is 0 Å². The Labute approximate surface area is 96.6 Å². The van der Waals surface area contributed by atoms with Crippen molar-refractivity contribution in [2.45, 2.75) is 0 Å². The van der Waals surface area contributed by atoms with Crippen LogP contribution in [0, 0.1) is 0 Å². The van der Waals surface area contributed by atoms with E-state index in [1.165, 1.54) is 24.3 Å². The number of hydroxylamine groups is 1. The number of urea groups is 1. The van der Waals surface area contributed by atoms with E-state index in [-0.39, 0.29) is 12.2 Å². The molecule has 0 aliphatic carbocycles. The summed E-state index contributed by atoms with van der Waals surface area (Å²) in [5.41, 5.74) is 5.03. The van der Waals surface area contributed by atoms with Gasteiger partial charge in [-0.2, -0.15) is 5.06 Å². The van der Waals surface area contributed by atoms with Crippen LogP contribution >= 0.6 is 11.6 Å². The number of hydrogen-bond donors (Lipinski definition) is 3. The summed E-state index contributed by atoms with van der Waals surface area (Å²) in [6.07, 6.45) is 0. The van der Waals surface area contributed by atoms with Gasteiger partial charge in [-0.1, -0.05) is 11.6 Å². The third kappa shape index (κ3) is 3.41. The summed E-state index contributed by atoms with van der Waals surface area (Å²) in [6.45, 7) is -0.380. The second-order valence-corrected chi connectivity index (χ2v) is 3.34. The van der Waals surface area contributed by atoms with Crippen LogP contribution in [-0.4, -0.2) is 23.7 Å². The fourth-order valence-electron chi connectivity index (χ4n) is 0.964. The minimum Gasteiger partial charge on any atom is -0.352 e. The van der Waals surface area contributed by atoms with Crippen LogP contribution in [0.15, 0.2) is 24.3 Å². The van der Waals surface area contributed by atoms with E-state index in [1.807, 2.05) is 0 Å². The Morgan fingerprint density at radius 1 is 1.38 bits per heavy atom. The van der Waals surface area contributed by atoms with Crippen LogP contribution in [0.1, 0.15) is 0 Å². The summed E-state index contributed by atoms with van der Waals surface area (Å²) in [6, 6.07) is 5.14. The molecule has 0 fully saturated rings. The fraction of sp³-hybridized carbons (Fsp3) is 0.111. The number of rotatable bonds is 3. The molecule has 0 saturated carbocycles. The minimum atomic E-state index is -0.835. The normalized spacial score (nSPS) is 9.62. The zero-order chi connectivity index (χ0) is 12.1. The molecule has 0 radical (unpaired) electrons. The smallest absolute Gasteiger partial charge is 0.312 e. The third-order valence-corrected chi connectivity index (χ3v) is 1.97. The molecule has 6 nitrogen and oxygen atoms in total. The lowest BCUT2D eigenvalue weighted by molar-refractivity contribution is -0.122. The quantitative estimate of drug-likeness (QED) is 0.539. The SMILES string of the molecule is NC(=O)NCC(=O)N(O)c1ccc(Cl)cc1. The molecule has 16 heavy (non-hydrogen) atoms. The molecule has 1 aromatic rings. The van der Waals surface area contributed by atoms with Gasteiger partial charge in [0, 0.05) is 5.02 Å². The summed E-state index contributed by atoms with van der Waals surface area (Å²) >= 11 is 5.64. The topological polar surface area (TPSA) is 95.7 Å². The molecule has 0 aliphatic heterocycles. The molecule has 0 atom stereocenters. The third-order valence-electron chi connectivity index (χ3n) is 1.72. The van der Waals surface area contributed by atoms with Gasteiger partial charge < -0.3 is 11.1 Å². The van der Waals surface area contributed by atoms with Crippen LogP contribution in [-0.2, 0) is 4.79 Å². The highest BCUT2D eigenvalue weighted by Crippen LogP contribution is 2.16. The molecule has 1 aromatic carbocycles. The van der Waals surface area contributed by atoms with Crippen LogP contribution in [0.2, 0.25) is 5.02 Å². The zero-order valence-electron chi connectivity index (χ0n) is 8.18. The number of nitrogens with two attached hydrogens (primary N) is 1. The van der Waals surface area contributed by atoms with Gasteiger partial charge in [0.1, 0.15) is 6.54 Å². The number of nitrogens with zero attached hydrogens (tertiary/aromatic N) is 1. The first-order chi connectivity index (χ1) is 7.50. The molecule has 0 bridgehead atoms. The lowest BCUT2D eigenvalue weighted by Crippen LogP contribution is -2.40. The number of carbonyl (C=O) groups is 2. The molecule has 7 heteroatoms. The molecule has 3 amide bonds. The maximum absolute atomic E-state index is 11.3. The van der Waals surface area contributed by atoms with Crippen molar-refractivity contribution in [1.82, 2.24) is 5.32 Å². The second kappa shape index (κ2) is 5.34. The van der Waals surface area contributed by atoms with E-state index in [4.69, 9.17) is 17.3 Å². The minimum absolute atomic E-state index is 0.251. The van der Waals surface area contributed by atoms with E-state index < -0.39 is 11.9 Å². The van der Waals surface area contributed by atoms with Gasteiger partial charge in [0.25, 0.3) is 5.91 Å². The molecule has 1 rings (SSSR count). The van der Waals surface area contributed by atoms with Gasteiger partial charge in [-0.05, 0) is 24.3 Å².